The topological polar surface area (TPSA) is 113 Å². The Morgan fingerprint density at radius 2 is 2.00 bits per heavy atom. The molecule has 0 radical (unpaired) electrons. The number of carbonyl (C=O) groups excluding carboxylic acids is 1. The Morgan fingerprint density at radius 3 is 2.68 bits per heavy atom. The largest absolute Gasteiger partial charge is 0.350 e. The predicted octanol–water partition coefficient (Wildman–Crippen LogP) is 3.52. The van der Waals surface area contributed by atoms with Crippen LogP contribution in [0.2, 0.25) is 0 Å². The Morgan fingerprint density at radius 1 is 1.18 bits per heavy atom. The maximum atomic E-state index is 13.3. The Bertz CT molecular complexity index is 1550. The summed E-state index contributed by atoms with van der Waals surface area (Å²) < 4.78 is 28.4. The van der Waals surface area contributed by atoms with Crippen LogP contribution in [-0.2, 0) is 10.0 Å². The molecule has 0 aliphatic carbocycles. The van der Waals surface area contributed by atoms with Gasteiger partial charge < -0.3 is 5.32 Å². The van der Waals surface area contributed by atoms with E-state index in [4.69, 9.17) is 9.97 Å². The summed E-state index contributed by atoms with van der Waals surface area (Å²) >= 11 is 1.59. The van der Waals surface area contributed by atoms with E-state index >= 15 is 0 Å². The predicted molar refractivity (Wildman–Crippen MR) is 150 cm³/mol. The fraction of sp³-hybridized carbons (Fsp3) is 0.385. The zero-order chi connectivity index (χ0) is 26.9. The number of thiophene rings is 1. The van der Waals surface area contributed by atoms with Crippen molar-refractivity contribution < 1.29 is 13.2 Å². The number of sulfonamides is 1. The molecule has 1 aliphatic heterocycles. The Labute approximate surface area is 226 Å². The van der Waals surface area contributed by atoms with Crippen LogP contribution >= 0.6 is 11.3 Å². The Kier molecular flexibility index (Phi) is 7.46. The van der Waals surface area contributed by atoms with Crippen LogP contribution in [0.3, 0.4) is 0 Å². The molecule has 4 aromatic rings. The van der Waals surface area contributed by atoms with Crippen molar-refractivity contribution in [2.45, 2.75) is 33.2 Å². The van der Waals surface area contributed by atoms with Gasteiger partial charge in [0.25, 0.3) is 5.91 Å². The highest BCUT2D eigenvalue weighted by Gasteiger charge is 2.31. The zero-order valence-corrected chi connectivity index (χ0v) is 23.3. The van der Waals surface area contributed by atoms with Crippen LogP contribution in [-0.4, -0.2) is 76.8 Å². The zero-order valence-electron chi connectivity index (χ0n) is 21.7. The lowest BCUT2D eigenvalue weighted by atomic mass is 10.1. The Balaban J connectivity index is 1.55. The van der Waals surface area contributed by atoms with Gasteiger partial charge in [-0.25, -0.2) is 22.9 Å². The summed E-state index contributed by atoms with van der Waals surface area (Å²) in [6.45, 7) is 8.83. The highest BCUT2D eigenvalue weighted by molar-refractivity contribution is 7.93. The summed E-state index contributed by atoms with van der Waals surface area (Å²) in [6.07, 6.45) is 3.99. The number of aromatic nitrogens is 4. The molecule has 1 aliphatic rings. The summed E-state index contributed by atoms with van der Waals surface area (Å²) in [4.78, 5) is 26.1. The summed E-state index contributed by atoms with van der Waals surface area (Å²) in [5.74, 6) is 0.00878. The molecule has 5 heterocycles. The SMILES string of the molecule is CCN(CC)C(C)CNC(=O)c1cc(-c2cnn3ccc(-c4cccs4)nc23)nc(N2CCCS2(=O)=O)c1. The molecule has 1 atom stereocenters. The maximum Gasteiger partial charge on any atom is 0.251 e. The van der Waals surface area contributed by atoms with E-state index in [1.54, 1.807) is 34.2 Å². The van der Waals surface area contributed by atoms with Gasteiger partial charge in [-0.3, -0.25) is 14.0 Å². The van der Waals surface area contributed by atoms with Crippen molar-refractivity contribution in [3.8, 4) is 21.8 Å². The molecular formula is C26H31N7O3S2. The molecule has 4 aromatic heterocycles. The van der Waals surface area contributed by atoms with Crippen molar-refractivity contribution in [1.82, 2.24) is 29.8 Å². The van der Waals surface area contributed by atoms with Gasteiger partial charge in [-0.2, -0.15) is 5.10 Å². The summed E-state index contributed by atoms with van der Waals surface area (Å²) in [7, 11) is -3.49. The third-order valence-electron chi connectivity index (χ3n) is 6.84. The number of amides is 1. The summed E-state index contributed by atoms with van der Waals surface area (Å²) in [5.41, 5.74) is 2.78. The fourth-order valence-electron chi connectivity index (χ4n) is 4.74. The summed E-state index contributed by atoms with van der Waals surface area (Å²) in [6, 6.07) is 9.26. The molecular weight excluding hydrogens is 522 g/mol. The average molecular weight is 554 g/mol. The third-order valence-corrected chi connectivity index (χ3v) is 9.58. The number of hydrogen-bond acceptors (Lipinski definition) is 8. The first-order valence-corrected chi connectivity index (χ1v) is 15.2. The van der Waals surface area contributed by atoms with E-state index in [-0.39, 0.29) is 23.5 Å². The summed E-state index contributed by atoms with van der Waals surface area (Å²) in [5, 5.41) is 9.43. The molecule has 10 nitrogen and oxygen atoms in total. The minimum Gasteiger partial charge on any atom is -0.350 e. The van der Waals surface area contributed by atoms with Crippen LogP contribution in [0.4, 0.5) is 5.82 Å². The standard InChI is InChI=1S/C26H31N7O3S2/c1-4-31(5-2)18(3)16-27-26(34)19-14-22(29-24(15-19)33-10-7-13-38(33,35)36)20-17-28-32-11-9-21(30-25(20)32)23-8-6-12-37-23/h6,8-9,11-12,14-15,17-18H,4-5,7,10,13,16H2,1-3H3,(H,27,34). The van der Waals surface area contributed by atoms with Crippen LogP contribution in [0, 0.1) is 0 Å². The molecule has 38 heavy (non-hydrogen) atoms. The molecule has 12 heteroatoms. The van der Waals surface area contributed by atoms with Gasteiger partial charge in [-0.15, -0.1) is 11.3 Å². The lowest BCUT2D eigenvalue weighted by Crippen LogP contribution is -2.42. The molecule has 5 rings (SSSR count). The average Bonchev–Trinajstić information content (AvgIpc) is 3.67. The number of nitrogens with zero attached hydrogens (tertiary/aromatic N) is 6. The number of anilines is 1. The van der Waals surface area contributed by atoms with Gasteiger partial charge in [-0.1, -0.05) is 19.9 Å². The first kappa shape index (κ1) is 26.3. The first-order valence-electron chi connectivity index (χ1n) is 12.7. The minimum absolute atomic E-state index is 0.0598. The molecule has 0 bridgehead atoms. The number of carbonyl (C=O) groups is 1. The normalized spacial score (nSPS) is 15.8. The number of hydrogen-bond donors (Lipinski definition) is 1. The van der Waals surface area contributed by atoms with Crippen molar-refractivity contribution in [2.75, 3.05) is 36.2 Å². The first-order chi connectivity index (χ1) is 18.3. The molecule has 1 fully saturated rings. The highest BCUT2D eigenvalue weighted by Crippen LogP contribution is 2.30. The van der Waals surface area contributed by atoms with Gasteiger partial charge in [0.2, 0.25) is 10.0 Å². The van der Waals surface area contributed by atoms with E-state index in [2.05, 4.69) is 36.1 Å². The maximum absolute atomic E-state index is 13.3. The van der Waals surface area contributed by atoms with Crippen molar-refractivity contribution in [1.29, 1.82) is 0 Å². The number of fused-ring (bicyclic) bond motifs is 1. The van der Waals surface area contributed by atoms with Crippen molar-refractivity contribution >= 4 is 38.7 Å². The second-order valence-corrected chi connectivity index (χ2v) is 12.2. The van der Waals surface area contributed by atoms with Crippen molar-refractivity contribution in [3.05, 3.63) is 53.7 Å². The van der Waals surface area contributed by atoms with Gasteiger partial charge in [0.1, 0.15) is 5.82 Å². The van der Waals surface area contributed by atoms with E-state index in [9.17, 15) is 13.2 Å². The fourth-order valence-corrected chi connectivity index (χ4v) is 6.93. The lowest BCUT2D eigenvalue weighted by molar-refractivity contribution is 0.0938. The van der Waals surface area contributed by atoms with Crippen LogP contribution in [0.5, 0.6) is 0 Å². The van der Waals surface area contributed by atoms with Crippen LogP contribution in [0.25, 0.3) is 27.5 Å². The van der Waals surface area contributed by atoms with E-state index in [1.165, 1.54) is 4.31 Å². The lowest BCUT2D eigenvalue weighted by Gasteiger charge is -2.26. The second-order valence-electron chi connectivity index (χ2n) is 9.24. The number of nitrogens with one attached hydrogen (secondary N) is 1. The molecule has 1 amide bonds. The molecule has 0 saturated carbocycles. The highest BCUT2D eigenvalue weighted by atomic mass is 32.2. The van der Waals surface area contributed by atoms with E-state index < -0.39 is 10.0 Å². The molecule has 0 aromatic carbocycles. The molecule has 1 saturated heterocycles. The second kappa shape index (κ2) is 10.8. The number of rotatable bonds is 9. The minimum atomic E-state index is -3.49. The van der Waals surface area contributed by atoms with Gasteiger partial charge in [0, 0.05) is 30.9 Å². The smallest absolute Gasteiger partial charge is 0.251 e. The van der Waals surface area contributed by atoms with Gasteiger partial charge in [-0.05, 0) is 56.1 Å². The van der Waals surface area contributed by atoms with E-state index in [0.717, 1.165) is 23.7 Å². The van der Waals surface area contributed by atoms with Crippen LogP contribution in [0.1, 0.15) is 37.6 Å². The van der Waals surface area contributed by atoms with E-state index in [0.29, 0.717) is 42.0 Å². The number of likely N-dealkylation sites (N-methyl/N-ethyl adjacent to an activating group) is 1. The number of pyridine rings is 1. The molecule has 1 N–H and O–H groups in total. The van der Waals surface area contributed by atoms with Gasteiger partial charge in [0.05, 0.1) is 33.8 Å². The van der Waals surface area contributed by atoms with Crippen molar-refractivity contribution in [3.63, 3.8) is 0 Å². The van der Waals surface area contributed by atoms with Gasteiger partial charge in [0.15, 0.2) is 5.65 Å². The van der Waals surface area contributed by atoms with Crippen molar-refractivity contribution in [2.24, 2.45) is 0 Å². The molecule has 0 spiro atoms. The third kappa shape index (κ3) is 5.16. The van der Waals surface area contributed by atoms with Crippen LogP contribution < -0.4 is 9.62 Å². The quantitative estimate of drug-likeness (QED) is 0.337. The molecule has 200 valence electrons. The van der Waals surface area contributed by atoms with E-state index in [1.807, 2.05) is 29.8 Å². The van der Waals surface area contributed by atoms with Gasteiger partial charge >= 0.3 is 0 Å². The monoisotopic (exact) mass is 553 g/mol. The Hall–Kier alpha value is -3.35. The molecule has 1 unspecified atom stereocenters. The van der Waals surface area contributed by atoms with Crippen LogP contribution in [0.15, 0.2) is 48.1 Å².